The highest BCUT2D eigenvalue weighted by molar-refractivity contribution is 7.19. The Morgan fingerprint density at radius 3 is 2.04 bits per heavy atom. The van der Waals surface area contributed by atoms with Gasteiger partial charge in [0.2, 0.25) is 0 Å². The first-order valence-electron chi connectivity index (χ1n) is 7.18. The van der Waals surface area contributed by atoms with Gasteiger partial charge in [-0.3, -0.25) is 4.79 Å². The molecule has 0 unspecified atom stereocenters. The molecule has 0 saturated carbocycles. The highest BCUT2D eigenvalue weighted by Gasteiger charge is 2.14. The lowest BCUT2D eigenvalue weighted by Gasteiger charge is -1.92. The quantitative estimate of drug-likeness (QED) is 0.501. The number of rotatable bonds is 2. The number of ether oxygens (including phenoxy) is 2. The van der Waals surface area contributed by atoms with Crippen molar-refractivity contribution in [2.75, 3.05) is 14.2 Å². The Morgan fingerprint density at radius 1 is 1.00 bits per heavy atom. The minimum atomic E-state index is -0.669. The Labute approximate surface area is 155 Å². The molecule has 0 aliphatic carbocycles. The monoisotopic (exact) mass is 382 g/mol. The summed E-state index contributed by atoms with van der Waals surface area (Å²) in [5.74, 6) is -1.33. The lowest BCUT2D eigenvalue weighted by atomic mass is 10.2. The molecule has 0 saturated heterocycles. The van der Waals surface area contributed by atoms with Crippen molar-refractivity contribution in [3.05, 3.63) is 44.7 Å². The molecule has 2 aromatic heterocycles. The summed E-state index contributed by atoms with van der Waals surface area (Å²) in [5.41, 5.74) is -0.0874. The van der Waals surface area contributed by atoms with E-state index in [-0.39, 0.29) is 11.3 Å². The van der Waals surface area contributed by atoms with Crippen LogP contribution in [0.5, 0.6) is 0 Å². The molecule has 1 aromatic carbocycles. The summed E-state index contributed by atoms with van der Waals surface area (Å²) in [6.45, 7) is 7.19. The second-order valence-electron chi connectivity index (χ2n) is 5.08. The fourth-order valence-corrected chi connectivity index (χ4v) is 4.56. The molecule has 0 aliphatic rings. The van der Waals surface area contributed by atoms with Gasteiger partial charge in [-0.15, -0.1) is 22.7 Å². The first-order chi connectivity index (χ1) is 12.5. The van der Waals surface area contributed by atoms with Crippen LogP contribution < -0.4 is 9.06 Å². The van der Waals surface area contributed by atoms with Crippen LogP contribution in [0.2, 0.25) is 0 Å². The number of carbonyl (C=O) groups excluding carboxylic acids is 2. The Balaban J connectivity index is 2.28. The van der Waals surface area contributed by atoms with Crippen LogP contribution in [0.15, 0.2) is 24.3 Å². The fraction of sp³-hybridized carbons (Fsp3) is 0.111. The third-order valence-electron chi connectivity index (χ3n) is 3.63. The largest absolute Gasteiger partial charge is 0.474 e. The van der Waals surface area contributed by atoms with E-state index in [9.17, 15) is 14.9 Å². The van der Waals surface area contributed by atoms with E-state index in [4.69, 9.17) is 6.57 Å². The maximum atomic E-state index is 11.7. The number of methoxy groups -OCH3 is 2. The van der Waals surface area contributed by atoms with E-state index in [1.54, 1.807) is 12.1 Å². The van der Waals surface area contributed by atoms with Crippen LogP contribution in [0.25, 0.3) is 36.3 Å². The maximum absolute atomic E-state index is 11.7. The Morgan fingerprint density at radius 2 is 1.54 bits per heavy atom. The molecule has 26 heavy (non-hydrogen) atoms. The molecular weight excluding hydrogens is 372 g/mol. The van der Waals surface area contributed by atoms with Gasteiger partial charge in [0.15, 0.2) is 5.57 Å². The number of hydrogen-bond donors (Lipinski definition) is 0. The number of hydrogen-bond acceptors (Lipinski definition) is 7. The molecule has 0 fully saturated rings. The van der Waals surface area contributed by atoms with Gasteiger partial charge in [-0.25, -0.2) is 9.64 Å². The van der Waals surface area contributed by atoms with Crippen molar-refractivity contribution in [3.8, 4) is 6.07 Å². The Bertz CT molecular complexity index is 1120. The number of nitriles is 1. The van der Waals surface area contributed by atoms with E-state index < -0.39 is 11.9 Å². The van der Waals surface area contributed by atoms with Crippen molar-refractivity contribution in [1.82, 2.24) is 0 Å². The summed E-state index contributed by atoms with van der Waals surface area (Å²) < 4.78 is 12.1. The molecule has 3 aromatic rings. The summed E-state index contributed by atoms with van der Waals surface area (Å²) in [6, 6.07) is 9.22. The van der Waals surface area contributed by atoms with Gasteiger partial charge in [0.05, 0.1) is 25.3 Å². The van der Waals surface area contributed by atoms with Crippen molar-refractivity contribution >= 4 is 66.1 Å². The molecule has 0 radical (unpaired) electrons. The van der Waals surface area contributed by atoms with Gasteiger partial charge in [0.1, 0.15) is 6.07 Å². The molecule has 0 aliphatic heterocycles. The molecule has 8 heteroatoms. The van der Waals surface area contributed by atoms with Crippen LogP contribution in [0.3, 0.4) is 0 Å². The van der Waals surface area contributed by atoms with E-state index in [1.165, 1.54) is 36.9 Å². The van der Waals surface area contributed by atoms with Crippen LogP contribution in [-0.2, 0) is 19.1 Å². The summed E-state index contributed by atoms with van der Waals surface area (Å²) in [6.07, 6.45) is 0. The van der Waals surface area contributed by atoms with Gasteiger partial charge in [-0.2, -0.15) is 5.26 Å². The van der Waals surface area contributed by atoms with Crippen molar-refractivity contribution in [2.45, 2.75) is 0 Å². The van der Waals surface area contributed by atoms with E-state index in [0.717, 1.165) is 20.2 Å². The predicted molar refractivity (Wildman–Crippen MR) is 99.5 cm³/mol. The Kier molecular flexibility index (Phi) is 4.72. The number of carbonyl (C=O) groups is 2. The van der Waals surface area contributed by atoms with E-state index in [0.29, 0.717) is 9.06 Å². The Hall–Kier alpha value is -3.20. The lowest BCUT2D eigenvalue weighted by molar-refractivity contribution is -0.134. The number of benzene rings is 1. The average molecular weight is 382 g/mol. The normalized spacial score (nSPS) is 12.9. The van der Waals surface area contributed by atoms with Gasteiger partial charge in [0, 0.05) is 13.9 Å². The molecular formula is C18H10N2O4S2. The third kappa shape index (κ3) is 2.93. The van der Waals surface area contributed by atoms with Crippen molar-refractivity contribution < 1.29 is 19.1 Å². The minimum Gasteiger partial charge on any atom is -0.474 e. The van der Waals surface area contributed by atoms with E-state index in [1.807, 2.05) is 18.2 Å². The summed E-state index contributed by atoms with van der Waals surface area (Å²) in [4.78, 5) is 26.7. The maximum Gasteiger partial charge on any atom is 0.350 e. The molecule has 0 atom stereocenters. The first-order valence-corrected chi connectivity index (χ1v) is 8.81. The number of thiophene rings is 2. The molecule has 2 heterocycles. The second kappa shape index (κ2) is 6.96. The smallest absolute Gasteiger partial charge is 0.350 e. The molecule has 0 bridgehead atoms. The molecule has 0 amide bonds. The summed E-state index contributed by atoms with van der Waals surface area (Å²) in [7, 11) is 2.47. The average Bonchev–Trinajstić information content (AvgIpc) is 3.23. The standard InChI is InChI=1S/C18H10N2O4S2/c1-20-16(18(22)24-3)15-7-10-5-12-9(4-13(10)26-15)6-14(25-12)11(8-19)17(21)23-2/h4-7H,2-3H3/b14-11+,16-15+. The zero-order valence-electron chi connectivity index (χ0n) is 13.7. The van der Waals surface area contributed by atoms with Gasteiger partial charge >= 0.3 is 11.9 Å². The first kappa shape index (κ1) is 17.6. The second-order valence-corrected chi connectivity index (χ2v) is 7.25. The topological polar surface area (TPSA) is 80.8 Å². The molecule has 6 nitrogen and oxygen atoms in total. The lowest BCUT2D eigenvalue weighted by Crippen LogP contribution is -2.10. The zero-order valence-corrected chi connectivity index (χ0v) is 15.3. The zero-order chi connectivity index (χ0) is 18.8. The third-order valence-corrected chi connectivity index (χ3v) is 5.85. The molecule has 0 N–H and O–H groups in total. The highest BCUT2D eigenvalue weighted by atomic mass is 32.1. The minimum absolute atomic E-state index is 0.0351. The van der Waals surface area contributed by atoms with Crippen LogP contribution in [0, 0.1) is 17.9 Å². The number of fused-ring (bicyclic) bond motifs is 2. The van der Waals surface area contributed by atoms with Gasteiger partial charge in [-0.1, -0.05) is 0 Å². The highest BCUT2D eigenvalue weighted by Crippen LogP contribution is 2.27. The van der Waals surface area contributed by atoms with Gasteiger partial charge in [-0.05, 0) is 35.0 Å². The van der Waals surface area contributed by atoms with Crippen LogP contribution in [0.4, 0.5) is 0 Å². The van der Waals surface area contributed by atoms with Crippen LogP contribution in [-0.4, -0.2) is 26.2 Å². The molecule has 0 spiro atoms. The van der Waals surface area contributed by atoms with E-state index in [2.05, 4.69) is 14.3 Å². The summed E-state index contributed by atoms with van der Waals surface area (Å²) >= 11 is 2.62. The SMILES string of the molecule is [C-]#[N+]/C(C(=O)OC)=c1\cc2cc3s/c(=C(\C#N)C(=O)OC)cc3cc2s1. The van der Waals surface area contributed by atoms with Crippen LogP contribution in [0.1, 0.15) is 0 Å². The number of esters is 2. The van der Waals surface area contributed by atoms with Crippen molar-refractivity contribution in [2.24, 2.45) is 0 Å². The van der Waals surface area contributed by atoms with Gasteiger partial charge < -0.3 is 9.47 Å². The molecule has 3 rings (SSSR count). The predicted octanol–water partition coefficient (Wildman–Crippen LogP) is 2.16. The van der Waals surface area contributed by atoms with Crippen molar-refractivity contribution in [1.29, 1.82) is 5.26 Å². The van der Waals surface area contributed by atoms with E-state index >= 15 is 0 Å². The molecule has 128 valence electrons. The fourth-order valence-electron chi connectivity index (χ4n) is 2.41. The van der Waals surface area contributed by atoms with Crippen molar-refractivity contribution in [3.63, 3.8) is 0 Å². The van der Waals surface area contributed by atoms with Gasteiger partial charge in [0.25, 0.3) is 5.70 Å². The summed E-state index contributed by atoms with van der Waals surface area (Å²) in [5, 5.41) is 10.9. The van der Waals surface area contributed by atoms with Crippen LogP contribution >= 0.6 is 22.7 Å². The number of nitrogens with zero attached hydrogens (tertiary/aromatic N) is 2.